The van der Waals surface area contributed by atoms with Crippen LogP contribution < -0.4 is 0 Å². The maximum Gasteiger partial charge on any atom is 0.400 e. The molecule has 1 fully saturated rings. The summed E-state index contributed by atoms with van der Waals surface area (Å²) in [7, 11) is 0. The quantitative estimate of drug-likeness (QED) is 0.727. The standard InChI is InChI=1S/C8H8F3NO.2C2H6/c1-5-4-6(12-13-5)7(2-3-7)8(9,10)11;2*1-2/h4H,2-3H2,1H3;2*1-2H3. The highest BCUT2D eigenvalue weighted by Crippen LogP contribution is 2.58. The average molecular weight is 251 g/mol. The second-order valence-corrected chi connectivity index (χ2v) is 3.40. The molecular weight excluding hydrogens is 231 g/mol. The summed E-state index contributed by atoms with van der Waals surface area (Å²) >= 11 is 0. The first-order valence-electron chi connectivity index (χ1n) is 5.96. The molecule has 0 atom stereocenters. The number of alkyl halides is 3. The molecule has 100 valence electrons. The summed E-state index contributed by atoms with van der Waals surface area (Å²) in [5, 5.41) is 3.42. The number of hydrogen-bond acceptors (Lipinski definition) is 2. The molecule has 1 heterocycles. The van der Waals surface area contributed by atoms with Crippen molar-refractivity contribution in [1.29, 1.82) is 0 Å². The van der Waals surface area contributed by atoms with E-state index in [0.29, 0.717) is 5.76 Å². The molecule has 1 saturated carbocycles. The van der Waals surface area contributed by atoms with Crippen molar-refractivity contribution in [3.05, 3.63) is 17.5 Å². The maximum atomic E-state index is 12.5. The first-order chi connectivity index (χ1) is 7.96. The molecule has 0 bridgehead atoms. The highest BCUT2D eigenvalue weighted by molar-refractivity contribution is 5.27. The molecule has 1 aromatic heterocycles. The Labute approximate surface area is 100 Å². The lowest BCUT2D eigenvalue weighted by Gasteiger charge is -2.15. The normalized spacial score (nSPS) is 16.2. The molecule has 0 aliphatic heterocycles. The fourth-order valence-corrected chi connectivity index (χ4v) is 1.40. The van der Waals surface area contributed by atoms with E-state index in [1.807, 2.05) is 27.7 Å². The van der Waals surface area contributed by atoms with Crippen LogP contribution >= 0.6 is 0 Å². The lowest BCUT2D eigenvalue weighted by Crippen LogP contribution is -2.28. The molecule has 0 N–H and O–H groups in total. The lowest BCUT2D eigenvalue weighted by atomic mass is 10.0. The van der Waals surface area contributed by atoms with Crippen LogP contribution in [0.15, 0.2) is 10.6 Å². The molecule has 0 amide bonds. The molecule has 1 aliphatic carbocycles. The van der Waals surface area contributed by atoms with E-state index < -0.39 is 11.6 Å². The molecule has 0 saturated heterocycles. The van der Waals surface area contributed by atoms with Gasteiger partial charge in [-0.05, 0) is 19.8 Å². The maximum absolute atomic E-state index is 12.5. The topological polar surface area (TPSA) is 26.0 Å². The van der Waals surface area contributed by atoms with E-state index in [2.05, 4.69) is 9.68 Å². The van der Waals surface area contributed by atoms with Crippen LogP contribution in [0.2, 0.25) is 0 Å². The number of aryl methyl sites for hydroxylation is 1. The van der Waals surface area contributed by atoms with Gasteiger partial charge in [-0.3, -0.25) is 0 Å². The zero-order valence-corrected chi connectivity index (χ0v) is 11.0. The number of hydrogen-bond donors (Lipinski definition) is 0. The minimum atomic E-state index is -4.20. The number of rotatable bonds is 1. The Hall–Kier alpha value is -1.00. The zero-order valence-electron chi connectivity index (χ0n) is 11.0. The van der Waals surface area contributed by atoms with Gasteiger partial charge in [0.05, 0.1) is 5.69 Å². The predicted octanol–water partition coefficient (Wildman–Crippen LogP) is 4.63. The molecule has 17 heavy (non-hydrogen) atoms. The minimum Gasteiger partial charge on any atom is -0.361 e. The average Bonchev–Trinajstić information content (AvgIpc) is 3.02. The van der Waals surface area contributed by atoms with Crippen molar-refractivity contribution < 1.29 is 17.7 Å². The molecule has 0 aromatic carbocycles. The molecule has 1 aromatic rings. The van der Waals surface area contributed by atoms with Crippen LogP contribution in [0.5, 0.6) is 0 Å². The van der Waals surface area contributed by atoms with E-state index in [-0.39, 0.29) is 18.5 Å². The van der Waals surface area contributed by atoms with Crippen LogP contribution in [0.1, 0.15) is 52.0 Å². The SMILES string of the molecule is CC.CC.Cc1cc(C2(C(F)(F)F)CC2)no1. The Morgan fingerprint density at radius 3 is 1.88 bits per heavy atom. The summed E-state index contributed by atoms with van der Waals surface area (Å²) in [6, 6.07) is 1.36. The summed E-state index contributed by atoms with van der Waals surface area (Å²) in [6.07, 6.45) is -3.94. The van der Waals surface area contributed by atoms with E-state index in [4.69, 9.17) is 0 Å². The van der Waals surface area contributed by atoms with Crippen LogP contribution in [0.3, 0.4) is 0 Å². The second kappa shape index (κ2) is 6.07. The highest BCUT2D eigenvalue weighted by Gasteiger charge is 2.66. The summed E-state index contributed by atoms with van der Waals surface area (Å²) in [5.41, 5.74) is -1.68. The molecule has 0 spiro atoms. The first kappa shape index (κ1) is 16.0. The third kappa shape index (κ3) is 3.23. The third-order valence-electron chi connectivity index (χ3n) is 2.41. The van der Waals surface area contributed by atoms with Crippen molar-refractivity contribution in [2.45, 2.75) is 59.1 Å². The van der Waals surface area contributed by atoms with Crippen LogP contribution in [-0.4, -0.2) is 11.3 Å². The van der Waals surface area contributed by atoms with E-state index in [1.54, 1.807) is 6.92 Å². The monoisotopic (exact) mass is 251 g/mol. The summed E-state index contributed by atoms with van der Waals surface area (Å²) in [5.74, 6) is 0.422. The van der Waals surface area contributed by atoms with Gasteiger partial charge in [-0.1, -0.05) is 32.9 Å². The summed E-state index contributed by atoms with van der Waals surface area (Å²) in [6.45, 7) is 9.59. The van der Waals surface area contributed by atoms with Gasteiger partial charge >= 0.3 is 6.18 Å². The second-order valence-electron chi connectivity index (χ2n) is 3.40. The lowest BCUT2D eigenvalue weighted by molar-refractivity contribution is -0.161. The number of halogens is 3. The van der Waals surface area contributed by atoms with Gasteiger partial charge in [0.1, 0.15) is 11.2 Å². The van der Waals surface area contributed by atoms with Crippen LogP contribution in [0, 0.1) is 6.92 Å². The molecule has 1 aliphatic rings. The smallest absolute Gasteiger partial charge is 0.361 e. The van der Waals surface area contributed by atoms with Gasteiger partial charge in [-0.25, -0.2) is 0 Å². The van der Waals surface area contributed by atoms with E-state index in [0.717, 1.165) is 0 Å². The molecule has 2 nitrogen and oxygen atoms in total. The summed E-state index contributed by atoms with van der Waals surface area (Å²) < 4.78 is 42.2. The van der Waals surface area contributed by atoms with E-state index in [9.17, 15) is 13.2 Å². The largest absolute Gasteiger partial charge is 0.400 e. The van der Waals surface area contributed by atoms with Gasteiger partial charge in [0.2, 0.25) is 0 Å². The van der Waals surface area contributed by atoms with Gasteiger partial charge in [0.15, 0.2) is 0 Å². The first-order valence-corrected chi connectivity index (χ1v) is 5.96. The van der Waals surface area contributed by atoms with E-state index in [1.165, 1.54) is 6.07 Å². The Morgan fingerprint density at radius 2 is 1.65 bits per heavy atom. The van der Waals surface area contributed by atoms with Crippen molar-refractivity contribution >= 4 is 0 Å². The van der Waals surface area contributed by atoms with Crippen molar-refractivity contribution in [3.8, 4) is 0 Å². The fourth-order valence-electron chi connectivity index (χ4n) is 1.40. The molecule has 2 rings (SSSR count). The molecule has 0 unspecified atom stereocenters. The highest BCUT2D eigenvalue weighted by atomic mass is 19.4. The van der Waals surface area contributed by atoms with Gasteiger partial charge in [0.25, 0.3) is 0 Å². The minimum absolute atomic E-state index is 0.0255. The van der Waals surface area contributed by atoms with Crippen molar-refractivity contribution in [2.75, 3.05) is 0 Å². The Bertz CT molecular complexity index is 327. The Balaban J connectivity index is 0.000000581. The fraction of sp³-hybridized carbons (Fsp3) is 0.750. The predicted molar refractivity (Wildman–Crippen MR) is 60.9 cm³/mol. The van der Waals surface area contributed by atoms with Crippen LogP contribution in [0.25, 0.3) is 0 Å². The van der Waals surface area contributed by atoms with Crippen LogP contribution in [-0.2, 0) is 5.41 Å². The van der Waals surface area contributed by atoms with Gasteiger partial charge in [-0.2, -0.15) is 13.2 Å². The van der Waals surface area contributed by atoms with Gasteiger partial charge in [-0.15, -0.1) is 0 Å². The molecule has 5 heteroatoms. The molecule has 0 radical (unpaired) electrons. The number of aromatic nitrogens is 1. The van der Waals surface area contributed by atoms with Crippen molar-refractivity contribution in [3.63, 3.8) is 0 Å². The third-order valence-corrected chi connectivity index (χ3v) is 2.41. The zero-order chi connectivity index (χ0) is 13.7. The van der Waals surface area contributed by atoms with Crippen molar-refractivity contribution in [1.82, 2.24) is 5.16 Å². The van der Waals surface area contributed by atoms with E-state index >= 15 is 0 Å². The van der Waals surface area contributed by atoms with Crippen molar-refractivity contribution in [2.24, 2.45) is 0 Å². The van der Waals surface area contributed by atoms with Crippen LogP contribution in [0.4, 0.5) is 13.2 Å². The van der Waals surface area contributed by atoms with Gasteiger partial charge < -0.3 is 4.52 Å². The number of nitrogens with zero attached hydrogens (tertiary/aromatic N) is 1. The Kier molecular flexibility index (Phi) is 5.72. The molecular formula is C12H20F3NO. The Morgan fingerprint density at radius 1 is 1.18 bits per heavy atom. The summed E-state index contributed by atoms with van der Waals surface area (Å²) in [4.78, 5) is 0. The van der Waals surface area contributed by atoms with Gasteiger partial charge in [0, 0.05) is 6.07 Å².